The fourth-order valence-corrected chi connectivity index (χ4v) is 2.68. The molecular formula is C18H16ClFN4S. The molecule has 4 nitrogen and oxygen atoms in total. The van der Waals surface area contributed by atoms with E-state index in [9.17, 15) is 4.39 Å². The third-order valence-corrected chi connectivity index (χ3v) is 4.12. The van der Waals surface area contributed by atoms with Crippen molar-refractivity contribution in [3.05, 3.63) is 82.8 Å². The first-order chi connectivity index (χ1) is 12.1. The Hall–Kier alpha value is -2.44. The van der Waals surface area contributed by atoms with Crippen LogP contribution in [0.4, 0.5) is 10.2 Å². The first-order valence-electron chi connectivity index (χ1n) is 7.66. The average molecular weight is 375 g/mol. The van der Waals surface area contributed by atoms with Crippen molar-refractivity contribution in [2.75, 3.05) is 5.32 Å². The lowest BCUT2D eigenvalue weighted by atomic mass is 10.2. The van der Waals surface area contributed by atoms with E-state index in [2.05, 4.69) is 15.7 Å². The molecule has 0 bridgehead atoms. The van der Waals surface area contributed by atoms with E-state index in [0.717, 1.165) is 11.1 Å². The Morgan fingerprint density at radius 2 is 1.96 bits per heavy atom. The van der Waals surface area contributed by atoms with E-state index in [1.54, 1.807) is 10.7 Å². The van der Waals surface area contributed by atoms with Crippen LogP contribution in [0.15, 0.2) is 60.8 Å². The maximum Gasteiger partial charge on any atom is 0.172 e. The van der Waals surface area contributed by atoms with Gasteiger partial charge < -0.3 is 10.6 Å². The molecule has 0 aliphatic heterocycles. The molecule has 0 atom stereocenters. The molecule has 0 spiro atoms. The standard InChI is InChI=1S/C18H16ClFN4S/c19-16-10-15(20)7-6-14(16)12-24-9-8-17(23-24)22-18(25)21-11-13-4-2-1-3-5-13/h1-10H,11-12H2,(H2,21,22,23,25). The van der Waals surface area contributed by atoms with Gasteiger partial charge in [-0.25, -0.2) is 4.39 Å². The molecule has 0 radical (unpaired) electrons. The maximum atomic E-state index is 13.1. The summed E-state index contributed by atoms with van der Waals surface area (Å²) in [5.41, 5.74) is 1.94. The molecule has 0 amide bonds. The van der Waals surface area contributed by atoms with Crippen molar-refractivity contribution in [3.8, 4) is 0 Å². The van der Waals surface area contributed by atoms with E-state index in [0.29, 0.717) is 29.0 Å². The zero-order chi connectivity index (χ0) is 17.6. The Kier molecular flexibility index (Phi) is 5.63. The first kappa shape index (κ1) is 17.4. The van der Waals surface area contributed by atoms with Gasteiger partial charge in [-0.1, -0.05) is 48.0 Å². The summed E-state index contributed by atoms with van der Waals surface area (Å²) in [6, 6.07) is 16.1. The molecule has 3 aromatic rings. The van der Waals surface area contributed by atoms with Gasteiger partial charge in [0.15, 0.2) is 10.9 Å². The Labute approximate surface area is 155 Å². The predicted molar refractivity (Wildman–Crippen MR) is 102 cm³/mol. The highest BCUT2D eigenvalue weighted by Crippen LogP contribution is 2.18. The maximum absolute atomic E-state index is 13.1. The monoisotopic (exact) mass is 374 g/mol. The lowest BCUT2D eigenvalue weighted by molar-refractivity contribution is 0.624. The van der Waals surface area contributed by atoms with Crippen LogP contribution in [0, 0.1) is 5.82 Å². The third-order valence-electron chi connectivity index (χ3n) is 3.53. The first-order valence-corrected chi connectivity index (χ1v) is 8.45. The van der Waals surface area contributed by atoms with Crippen molar-refractivity contribution in [2.45, 2.75) is 13.1 Å². The molecule has 3 rings (SSSR count). The third kappa shape index (κ3) is 5.01. The smallest absolute Gasteiger partial charge is 0.172 e. The lowest BCUT2D eigenvalue weighted by Crippen LogP contribution is -2.28. The number of hydrogen-bond donors (Lipinski definition) is 2. The fraction of sp³-hybridized carbons (Fsp3) is 0.111. The second kappa shape index (κ2) is 8.09. The minimum atomic E-state index is -0.355. The largest absolute Gasteiger partial charge is 0.358 e. The van der Waals surface area contributed by atoms with Gasteiger partial charge in [0, 0.05) is 23.8 Å². The summed E-state index contributed by atoms with van der Waals surface area (Å²) < 4.78 is 14.8. The Bertz CT molecular complexity index is 867. The highest BCUT2D eigenvalue weighted by molar-refractivity contribution is 7.80. The molecule has 0 saturated carbocycles. The van der Waals surface area contributed by atoms with Crippen LogP contribution in [0.3, 0.4) is 0 Å². The lowest BCUT2D eigenvalue weighted by Gasteiger charge is -2.08. The summed E-state index contributed by atoms with van der Waals surface area (Å²) in [7, 11) is 0. The van der Waals surface area contributed by atoms with Crippen LogP contribution in [0.1, 0.15) is 11.1 Å². The van der Waals surface area contributed by atoms with Gasteiger partial charge in [-0.05, 0) is 35.5 Å². The van der Waals surface area contributed by atoms with Gasteiger partial charge in [-0.3, -0.25) is 4.68 Å². The molecule has 7 heteroatoms. The van der Waals surface area contributed by atoms with Gasteiger partial charge in [0.25, 0.3) is 0 Å². The van der Waals surface area contributed by atoms with Crippen molar-refractivity contribution in [2.24, 2.45) is 0 Å². The molecule has 1 heterocycles. The van der Waals surface area contributed by atoms with E-state index in [4.69, 9.17) is 23.8 Å². The molecule has 2 N–H and O–H groups in total. The van der Waals surface area contributed by atoms with Crippen molar-refractivity contribution < 1.29 is 4.39 Å². The summed E-state index contributed by atoms with van der Waals surface area (Å²) in [4.78, 5) is 0. The molecule has 2 aromatic carbocycles. The second-order valence-electron chi connectivity index (χ2n) is 5.43. The number of thiocarbonyl (C=S) groups is 1. The zero-order valence-corrected chi connectivity index (χ0v) is 14.8. The normalized spacial score (nSPS) is 10.5. The van der Waals surface area contributed by atoms with E-state index in [1.165, 1.54) is 12.1 Å². The number of benzene rings is 2. The molecule has 0 fully saturated rings. The molecule has 0 saturated heterocycles. The quantitative estimate of drug-likeness (QED) is 0.656. The fourth-order valence-electron chi connectivity index (χ4n) is 2.28. The summed E-state index contributed by atoms with van der Waals surface area (Å²) in [5, 5.41) is 11.4. The summed E-state index contributed by atoms with van der Waals surface area (Å²) >= 11 is 11.3. The number of nitrogens with one attached hydrogen (secondary N) is 2. The number of anilines is 1. The molecule has 0 unspecified atom stereocenters. The number of halogens is 2. The Morgan fingerprint density at radius 3 is 2.72 bits per heavy atom. The molecule has 0 aliphatic rings. The van der Waals surface area contributed by atoms with Crippen molar-refractivity contribution in [3.63, 3.8) is 0 Å². The van der Waals surface area contributed by atoms with Crippen molar-refractivity contribution in [1.82, 2.24) is 15.1 Å². The van der Waals surface area contributed by atoms with Crippen LogP contribution >= 0.6 is 23.8 Å². The molecule has 25 heavy (non-hydrogen) atoms. The van der Waals surface area contributed by atoms with Gasteiger partial charge in [-0.2, -0.15) is 5.10 Å². The number of aromatic nitrogens is 2. The average Bonchev–Trinajstić information content (AvgIpc) is 3.03. The Balaban J connectivity index is 1.55. The predicted octanol–water partition coefficient (Wildman–Crippen LogP) is 4.21. The van der Waals surface area contributed by atoms with Gasteiger partial charge in [0.05, 0.1) is 6.54 Å². The van der Waals surface area contributed by atoms with Crippen molar-refractivity contribution in [1.29, 1.82) is 0 Å². The van der Waals surface area contributed by atoms with Crippen LogP contribution < -0.4 is 10.6 Å². The van der Waals surface area contributed by atoms with E-state index >= 15 is 0 Å². The number of nitrogens with zero attached hydrogens (tertiary/aromatic N) is 2. The second-order valence-corrected chi connectivity index (χ2v) is 6.24. The van der Waals surface area contributed by atoms with Crippen LogP contribution in [0.2, 0.25) is 5.02 Å². The topological polar surface area (TPSA) is 41.9 Å². The zero-order valence-electron chi connectivity index (χ0n) is 13.2. The SMILES string of the molecule is Fc1ccc(Cn2ccc(NC(=S)NCc3ccccc3)n2)c(Cl)c1. The van der Waals surface area contributed by atoms with Gasteiger partial charge >= 0.3 is 0 Å². The van der Waals surface area contributed by atoms with Crippen molar-refractivity contribution >= 4 is 34.7 Å². The van der Waals surface area contributed by atoms with Crippen LogP contribution in [0.5, 0.6) is 0 Å². The molecule has 0 aliphatic carbocycles. The summed E-state index contributed by atoms with van der Waals surface area (Å²) in [6.45, 7) is 1.09. The molecular weight excluding hydrogens is 359 g/mol. The number of hydrogen-bond acceptors (Lipinski definition) is 2. The van der Waals surface area contributed by atoms with Crippen LogP contribution in [0.25, 0.3) is 0 Å². The van der Waals surface area contributed by atoms with Gasteiger partial charge in [-0.15, -0.1) is 0 Å². The minimum Gasteiger partial charge on any atom is -0.358 e. The van der Waals surface area contributed by atoms with Gasteiger partial charge in [0.1, 0.15) is 5.82 Å². The van der Waals surface area contributed by atoms with Crippen LogP contribution in [-0.2, 0) is 13.1 Å². The highest BCUT2D eigenvalue weighted by atomic mass is 35.5. The highest BCUT2D eigenvalue weighted by Gasteiger charge is 2.06. The van der Waals surface area contributed by atoms with E-state index < -0.39 is 0 Å². The number of rotatable bonds is 5. The molecule has 1 aromatic heterocycles. The summed E-state index contributed by atoms with van der Waals surface area (Å²) in [6.07, 6.45) is 1.81. The van der Waals surface area contributed by atoms with E-state index in [-0.39, 0.29) is 5.82 Å². The van der Waals surface area contributed by atoms with Gasteiger partial charge in [0.2, 0.25) is 0 Å². The minimum absolute atomic E-state index is 0.355. The van der Waals surface area contributed by atoms with E-state index in [1.807, 2.05) is 42.6 Å². The molecule has 128 valence electrons. The Morgan fingerprint density at radius 1 is 1.16 bits per heavy atom. The van der Waals surface area contributed by atoms with Crippen LogP contribution in [-0.4, -0.2) is 14.9 Å². The summed E-state index contributed by atoms with van der Waals surface area (Å²) in [5.74, 6) is 0.273.